The molecule has 3 heterocycles. The molecule has 9 heteroatoms. The second kappa shape index (κ2) is 5.20. The Morgan fingerprint density at radius 1 is 1.22 bits per heavy atom. The normalized spacial score (nSPS) is 12.8. The van der Waals surface area contributed by atoms with E-state index in [1.54, 1.807) is 0 Å². The zero-order valence-corrected chi connectivity index (χ0v) is 13.3. The lowest BCUT2D eigenvalue weighted by Crippen LogP contribution is -2.09. The van der Waals surface area contributed by atoms with Crippen molar-refractivity contribution in [2.45, 2.75) is 10.1 Å². The van der Waals surface area contributed by atoms with Gasteiger partial charge in [0.2, 0.25) is 6.79 Å². The number of benzene rings is 1. The van der Waals surface area contributed by atoms with Crippen molar-refractivity contribution >= 4 is 34.4 Å². The summed E-state index contributed by atoms with van der Waals surface area (Å²) in [5.74, 6) is 1.86. The third-order valence-corrected chi connectivity index (χ3v) is 4.37. The first-order chi connectivity index (χ1) is 11.1. The van der Waals surface area contributed by atoms with Crippen molar-refractivity contribution in [3.05, 3.63) is 18.5 Å². The van der Waals surface area contributed by atoms with Gasteiger partial charge in [0.25, 0.3) is 0 Å². The number of hydrogen-bond donors (Lipinski definition) is 2. The van der Waals surface area contributed by atoms with E-state index in [1.807, 2.05) is 31.1 Å². The number of fused-ring (bicyclic) bond motifs is 2. The van der Waals surface area contributed by atoms with Crippen LogP contribution in [0.3, 0.4) is 0 Å². The highest BCUT2D eigenvalue weighted by atomic mass is 32.2. The van der Waals surface area contributed by atoms with Gasteiger partial charge in [-0.1, -0.05) is 0 Å². The van der Waals surface area contributed by atoms with E-state index >= 15 is 0 Å². The predicted octanol–water partition coefficient (Wildman–Crippen LogP) is 1.88. The minimum atomic E-state index is 0.243. The van der Waals surface area contributed by atoms with Crippen molar-refractivity contribution in [2.24, 2.45) is 0 Å². The maximum Gasteiger partial charge on any atom is 0.231 e. The number of nitrogens with zero attached hydrogens (tertiary/aromatic N) is 4. The molecule has 23 heavy (non-hydrogen) atoms. The maximum absolute atomic E-state index is 5.84. The number of ether oxygens (including phenoxy) is 2. The minimum absolute atomic E-state index is 0.243. The van der Waals surface area contributed by atoms with Crippen LogP contribution in [-0.2, 0) is 0 Å². The van der Waals surface area contributed by atoms with Crippen LogP contribution in [-0.4, -0.2) is 40.8 Å². The smallest absolute Gasteiger partial charge is 0.231 e. The van der Waals surface area contributed by atoms with E-state index < -0.39 is 0 Å². The fraction of sp³-hybridized carbons (Fsp3) is 0.214. The summed E-state index contributed by atoms with van der Waals surface area (Å²) in [7, 11) is 3.95. The number of rotatable bonds is 3. The van der Waals surface area contributed by atoms with Crippen LogP contribution in [0.5, 0.6) is 11.5 Å². The van der Waals surface area contributed by atoms with Crippen LogP contribution < -0.4 is 20.1 Å². The van der Waals surface area contributed by atoms with Crippen molar-refractivity contribution < 1.29 is 9.47 Å². The summed E-state index contributed by atoms with van der Waals surface area (Å²) in [6, 6.07) is 3.91. The number of hydrogen-bond acceptors (Lipinski definition) is 8. The molecule has 1 aliphatic heterocycles. The number of aromatic nitrogens is 4. The van der Waals surface area contributed by atoms with E-state index in [0.717, 1.165) is 22.1 Å². The molecule has 0 amide bonds. The van der Waals surface area contributed by atoms with Gasteiger partial charge in [0, 0.05) is 31.1 Å². The van der Waals surface area contributed by atoms with Crippen LogP contribution in [0.2, 0.25) is 0 Å². The Bertz CT molecular complexity index is 894. The Labute approximate surface area is 136 Å². The van der Waals surface area contributed by atoms with Gasteiger partial charge in [-0.15, -0.1) is 0 Å². The van der Waals surface area contributed by atoms with Crippen LogP contribution in [0.1, 0.15) is 0 Å². The largest absolute Gasteiger partial charge is 0.454 e. The molecule has 0 saturated carbocycles. The van der Waals surface area contributed by atoms with Crippen LogP contribution >= 0.6 is 11.8 Å². The van der Waals surface area contributed by atoms with Gasteiger partial charge < -0.3 is 25.1 Å². The molecule has 0 radical (unpaired) electrons. The lowest BCUT2D eigenvalue weighted by Gasteiger charge is -2.17. The molecular weight excluding hydrogens is 316 g/mol. The first-order valence-corrected chi connectivity index (χ1v) is 7.68. The monoisotopic (exact) mass is 330 g/mol. The number of aromatic amines is 1. The molecule has 2 aromatic heterocycles. The van der Waals surface area contributed by atoms with Crippen molar-refractivity contribution in [1.29, 1.82) is 0 Å². The highest BCUT2D eigenvalue weighted by Crippen LogP contribution is 2.43. The second-order valence-corrected chi connectivity index (χ2v) is 6.20. The Hall–Kier alpha value is -2.68. The Kier molecular flexibility index (Phi) is 3.15. The summed E-state index contributed by atoms with van der Waals surface area (Å²) in [5, 5.41) is 0.689. The molecule has 3 N–H and O–H groups in total. The molecule has 118 valence electrons. The summed E-state index contributed by atoms with van der Waals surface area (Å²) in [6.45, 7) is 0.243. The molecule has 1 aromatic carbocycles. The molecule has 3 aromatic rings. The molecule has 0 bridgehead atoms. The number of nitrogens with two attached hydrogens (primary N) is 1. The molecule has 1 aliphatic rings. The maximum atomic E-state index is 5.84. The summed E-state index contributed by atoms with van der Waals surface area (Å²) < 4.78 is 10.9. The number of imidazole rings is 1. The first kappa shape index (κ1) is 13.9. The summed E-state index contributed by atoms with van der Waals surface area (Å²) in [5.41, 5.74) is 8.04. The van der Waals surface area contributed by atoms with Gasteiger partial charge in [-0.25, -0.2) is 15.0 Å². The average Bonchev–Trinajstić information content (AvgIpc) is 3.12. The van der Waals surface area contributed by atoms with Gasteiger partial charge >= 0.3 is 0 Å². The quantitative estimate of drug-likeness (QED) is 0.750. The van der Waals surface area contributed by atoms with Crippen molar-refractivity contribution in [2.75, 3.05) is 31.5 Å². The number of nitrogen functional groups attached to an aromatic ring is 1. The lowest BCUT2D eigenvalue weighted by molar-refractivity contribution is 0.174. The van der Waals surface area contributed by atoms with Crippen LogP contribution in [0.25, 0.3) is 11.2 Å². The molecule has 4 rings (SSSR count). The molecule has 0 atom stereocenters. The van der Waals surface area contributed by atoms with E-state index in [2.05, 4.69) is 19.9 Å². The Morgan fingerprint density at radius 2 is 2.00 bits per heavy atom. The highest BCUT2D eigenvalue weighted by molar-refractivity contribution is 7.99. The zero-order valence-electron chi connectivity index (χ0n) is 12.5. The molecule has 0 saturated heterocycles. The summed E-state index contributed by atoms with van der Waals surface area (Å²) >= 11 is 1.48. The topological polar surface area (TPSA) is 102 Å². The van der Waals surface area contributed by atoms with E-state index in [-0.39, 0.29) is 6.79 Å². The molecule has 0 fully saturated rings. The molecule has 0 spiro atoms. The van der Waals surface area contributed by atoms with Crippen molar-refractivity contribution in [3.63, 3.8) is 0 Å². The van der Waals surface area contributed by atoms with Gasteiger partial charge in [0.15, 0.2) is 28.1 Å². The SMILES string of the molecule is CN(C)c1cc2c(cc1Sc1nc3ncnc(N)c3[nH]1)OCO2. The molecule has 8 nitrogen and oxygen atoms in total. The van der Waals surface area contributed by atoms with Gasteiger partial charge in [0.05, 0.1) is 5.69 Å². The predicted molar refractivity (Wildman–Crippen MR) is 87.1 cm³/mol. The van der Waals surface area contributed by atoms with Gasteiger partial charge in [-0.3, -0.25) is 0 Å². The molecule has 0 unspecified atom stereocenters. The fourth-order valence-corrected chi connectivity index (χ4v) is 3.33. The van der Waals surface area contributed by atoms with E-state index in [4.69, 9.17) is 15.2 Å². The highest BCUT2D eigenvalue weighted by Gasteiger charge is 2.20. The zero-order chi connectivity index (χ0) is 16.0. The average molecular weight is 330 g/mol. The van der Waals surface area contributed by atoms with Gasteiger partial charge in [0.1, 0.15) is 11.8 Å². The fourth-order valence-electron chi connectivity index (χ4n) is 2.32. The molecular formula is C14H14N6O2S. The van der Waals surface area contributed by atoms with Gasteiger partial charge in [-0.2, -0.15) is 0 Å². The van der Waals surface area contributed by atoms with Crippen LogP contribution in [0.4, 0.5) is 11.5 Å². The van der Waals surface area contributed by atoms with E-state index in [1.165, 1.54) is 18.1 Å². The van der Waals surface area contributed by atoms with Crippen LogP contribution in [0, 0.1) is 0 Å². The third kappa shape index (κ3) is 2.38. The number of nitrogens with one attached hydrogen (secondary N) is 1. The van der Waals surface area contributed by atoms with Crippen molar-refractivity contribution in [1.82, 2.24) is 19.9 Å². The van der Waals surface area contributed by atoms with Gasteiger partial charge in [-0.05, 0) is 11.8 Å². The van der Waals surface area contributed by atoms with Crippen molar-refractivity contribution in [3.8, 4) is 11.5 Å². The number of H-pyrrole nitrogens is 1. The third-order valence-electron chi connectivity index (χ3n) is 3.44. The summed E-state index contributed by atoms with van der Waals surface area (Å²) in [4.78, 5) is 18.7. The lowest BCUT2D eigenvalue weighted by atomic mass is 10.2. The standard InChI is InChI=1S/C14H14N6O2S/c1-20(2)7-3-8-9(22-6-21-8)4-10(7)23-14-18-11-12(15)16-5-17-13(11)19-14/h3-5H,6H2,1-2H3,(H3,15,16,17,18,19). The second-order valence-electron chi connectivity index (χ2n) is 5.17. The summed E-state index contributed by atoms with van der Waals surface area (Å²) in [6.07, 6.45) is 1.40. The van der Waals surface area contributed by atoms with E-state index in [9.17, 15) is 0 Å². The molecule has 0 aliphatic carbocycles. The minimum Gasteiger partial charge on any atom is -0.454 e. The first-order valence-electron chi connectivity index (χ1n) is 6.87. The Balaban J connectivity index is 1.76. The number of anilines is 2. The van der Waals surface area contributed by atoms with Crippen LogP contribution in [0.15, 0.2) is 28.5 Å². The van der Waals surface area contributed by atoms with E-state index in [0.29, 0.717) is 22.1 Å². The Morgan fingerprint density at radius 3 is 2.74 bits per heavy atom.